The van der Waals surface area contributed by atoms with E-state index in [1.165, 1.54) is 0 Å². The molecule has 3 N–H and O–H groups in total. The minimum absolute atomic E-state index is 0.0996. The summed E-state index contributed by atoms with van der Waals surface area (Å²) in [5, 5.41) is 13.9. The Morgan fingerprint density at radius 2 is 1.77 bits per heavy atom. The van der Waals surface area contributed by atoms with Gasteiger partial charge in [-0.25, -0.2) is 19.9 Å². The molecule has 10 nitrogen and oxygen atoms in total. The van der Waals surface area contributed by atoms with Crippen LogP contribution < -0.4 is 10.6 Å². The van der Waals surface area contributed by atoms with Crippen LogP contribution in [-0.4, -0.2) is 54.4 Å². The second kappa shape index (κ2) is 8.70. The number of hydrogen-bond acceptors (Lipinski definition) is 10. The van der Waals surface area contributed by atoms with E-state index in [4.69, 9.17) is 15.2 Å². The Hall–Kier alpha value is -3.92. The lowest BCUT2D eigenvalue weighted by molar-refractivity contribution is 0.266. The molecule has 1 aliphatic carbocycles. The number of aromatic nitrogens is 6. The maximum absolute atomic E-state index is 9.58. The first kappa shape index (κ1) is 21.6. The van der Waals surface area contributed by atoms with Crippen molar-refractivity contribution in [1.82, 2.24) is 30.1 Å². The smallest absolute Gasteiger partial charge is 0.278 e. The first-order valence-corrected chi connectivity index (χ1v) is 11.9. The molecule has 35 heavy (non-hydrogen) atoms. The summed E-state index contributed by atoms with van der Waals surface area (Å²) < 4.78 is 5.62. The van der Waals surface area contributed by atoms with Gasteiger partial charge in [0.1, 0.15) is 11.5 Å². The highest BCUT2D eigenvalue weighted by Gasteiger charge is 2.44. The Morgan fingerprint density at radius 3 is 2.43 bits per heavy atom. The van der Waals surface area contributed by atoms with Crippen LogP contribution in [0, 0.1) is 0 Å². The molecule has 0 unspecified atom stereocenters. The number of hydrogen-bond donors (Lipinski definition) is 2. The molecule has 178 valence electrons. The fraction of sp³-hybridized carbons (Fsp3) is 0.360. The third-order valence-corrected chi connectivity index (χ3v) is 7.24. The first-order valence-electron chi connectivity index (χ1n) is 11.9. The summed E-state index contributed by atoms with van der Waals surface area (Å²) in [7, 11) is 0. The van der Waals surface area contributed by atoms with E-state index < -0.39 is 0 Å². The second-order valence-corrected chi connectivity index (χ2v) is 9.20. The van der Waals surface area contributed by atoms with Crippen LogP contribution in [0.4, 0.5) is 11.8 Å². The summed E-state index contributed by atoms with van der Waals surface area (Å²) in [4.78, 5) is 24.1. The Kier molecular flexibility index (Phi) is 5.37. The van der Waals surface area contributed by atoms with E-state index >= 15 is 0 Å². The van der Waals surface area contributed by atoms with Gasteiger partial charge in [-0.2, -0.15) is 4.98 Å². The molecule has 2 fully saturated rings. The SMILES string of the molecule is Nc1ncc(-c2ccc(C3(c4noc(-c5cnc(N6CCC[C@@H]6CO)cn5)n4)CCC3)cc2)cn1. The molecule has 1 aromatic carbocycles. The van der Waals surface area contributed by atoms with Crippen molar-refractivity contribution in [3.8, 4) is 22.7 Å². The molecular weight excluding hydrogens is 444 g/mol. The van der Waals surface area contributed by atoms with E-state index in [0.717, 1.165) is 61.2 Å². The summed E-state index contributed by atoms with van der Waals surface area (Å²) >= 11 is 0. The van der Waals surface area contributed by atoms with Gasteiger partial charge in [0.2, 0.25) is 5.95 Å². The Bertz CT molecular complexity index is 1300. The van der Waals surface area contributed by atoms with Crippen LogP contribution in [0.5, 0.6) is 0 Å². The zero-order chi connectivity index (χ0) is 23.8. The molecule has 2 aliphatic rings. The highest BCUT2D eigenvalue weighted by atomic mass is 16.5. The average molecular weight is 471 g/mol. The highest BCUT2D eigenvalue weighted by Crippen LogP contribution is 2.48. The summed E-state index contributed by atoms with van der Waals surface area (Å²) in [5.74, 6) is 2.05. The van der Waals surface area contributed by atoms with Gasteiger partial charge < -0.3 is 20.3 Å². The lowest BCUT2D eigenvalue weighted by Crippen LogP contribution is -2.36. The zero-order valence-electron chi connectivity index (χ0n) is 19.2. The molecule has 3 aromatic heterocycles. The van der Waals surface area contributed by atoms with Gasteiger partial charge in [0, 0.05) is 24.5 Å². The second-order valence-electron chi connectivity index (χ2n) is 9.20. The van der Waals surface area contributed by atoms with Crippen molar-refractivity contribution in [3.63, 3.8) is 0 Å². The molecule has 4 aromatic rings. The van der Waals surface area contributed by atoms with Gasteiger partial charge in [0.15, 0.2) is 5.82 Å². The highest BCUT2D eigenvalue weighted by molar-refractivity contribution is 5.63. The Balaban J connectivity index is 1.24. The predicted octanol–water partition coefficient (Wildman–Crippen LogP) is 3.00. The summed E-state index contributed by atoms with van der Waals surface area (Å²) in [6.45, 7) is 0.990. The number of nitrogens with two attached hydrogens (primary N) is 1. The predicted molar refractivity (Wildman–Crippen MR) is 129 cm³/mol. The molecule has 1 saturated heterocycles. The average Bonchev–Trinajstić information content (AvgIpc) is 3.55. The lowest BCUT2D eigenvalue weighted by atomic mass is 9.64. The molecule has 0 amide bonds. The van der Waals surface area contributed by atoms with Gasteiger partial charge in [-0.1, -0.05) is 35.8 Å². The van der Waals surface area contributed by atoms with E-state index in [9.17, 15) is 5.11 Å². The summed E-state index contributed by atoms with van der Waals surface area (Å²) in [5.41, 5.74) is 8.97. The van der Waals surface area contributed by atoms with E-state index in [-0.39, 0.29) is 24.0 Å². The third kappa shape index (κ3) is 3.79. The number of aliphatic hydroxyl groups excluding tert-OH is 1. The van der Waals surface area contributed by atoms with Crippen LogP contribution in [0.3, 0.4) is 0 Å². The number of benzene rings is 1. The van der Waals surface area contributed by atoms with Gasteiger partial charge >= 0.3 is 0 Å². The molecule has 6 rings (SSSR count). The van der Waals surface area contributed by atoms with Crippen molar-refractivity contribution in [3.05, 3.63) is 60.4 Å². The molecule has 10 heteroatoms. The van der Waals surface area contributed by atoms with Crippen molar-refractivity contribution in [2.75, 3.05) is 23.8 Å². The Morgan fingerprint density at radius 1 is 0.971 bits per heavy atom. The number of rotatable bonds is 6. The minimum atomic E-state index is -0.269. The topological polar surface area (TPSA) is 140 Å². The maximum Gasteiger partial charge on any atom is 0.278 e. The lowest BCUT2D eigenvalue weighted by Gasteiger charge is -2.39. The van der Waals surface area contributed by atoms with Gasteiger partial charge in [-0.3, -0.25) is 0 Å². The number of nitrogens with zero attached hydrogens (tertiary/aromatic N) is 7. The van der Waals surface area contributed by atoms with E-state index in [0.29, 0.717) is 17.4 Å². The third-order valence-electron chi connectivity index (χ3n) is 7.24. The van der Waals surface area contributed by atoms with Gasteiger partial charge in [0.05, 0.1) is 30.5 Å². The normalized spacial score (nSPS) is 19.0. The largest absolute Gasteiger partial charge is 0.394 e. The van der Waals surface area contributed by atoms with Crippen molar-refractivity contribution in [2.24, 2.45) is 0 Å². The van der Waals surface area contributed by atoms with Crippen LogP contribution in [-0.2, 0) is 5.41 Å². The quantitative estimate of drug-likeness (QED) is 0.432. The van der Waals surface area contributed by atoms with Crippen molar-refractivity contribution < 1.29 is 9.63 Å². The number of aliphatic hydroxyl groups is 1. The fourth-order valence-corrected chi connectivity index (χ4v) is 5.07. The Labute approximate surface area is 202 Å². The van der Waals surface area contributed by atoms with Crippen LogP contribution in [0.2, 0.25) is 0 Å². The number of anilines is 2. The molecule has 1 atom stereocenters. The van der Waals surface area contributed by atoms with Gasteiger partial charge in [-0.15, -0.1) is 0 Å². The number of nitrogen functional groups attached to an aromatic ring is 1. The summed E-state index contributed by atoms with van der Waals surface area (Å²) in [6, 6.07) is 8.45. The molecule has 4 heterocycles. The minimum Gasteiger partial charge on any atom is -0.394 e. The zero-order valence-corrected chi connectivity index (χ0v) is 19.2. The van der Waals surface area contributed by atoms with Crippen molar-refractivity contribution >= 4 is 11.8 Å². The van der Waals surface area contributed by atoms with Gasteiger partial charge in [-0.05, 0) is 36.8 Å². The van der Waals surface area contributed by atoms with Crippen LogP contribution in [0.15, 0.2) is 53.6 Å². The van der Waals surface area contributed by atoms with Crippen LogP contribution >= 0.6 is 0 Å². The summed E-state index contributed by atoms with van der Waals surface area (Å²) in [6.07, 6.45) is 11.8. The first-order chi connectivity index (χ1) is 17.2. The van der Waals surface area contributed by atoms with Crippen molar-refractivity contribution in [2.45, 2.75) is 43.6 Å². The van der Waals surface area contributed by atoms with E-state index in [2.05, 4.69) is 54.3 Å². The molecule has 0 spiro atoms. The van der Waals surface area contributed by atoms with Crippen LogP contribution in [0.25, 0.3) is 22.7 Å². The standard InChI is InChI=1S/C25H26N8O2/c26-24-29-11-17(12-30-24)16-4-6-18(7-5-16)25(8-2-9-25)23-31-22(35-32-23)20-13-28-21(14-27-20)33-10-1-3-19(33)15-34/h4-7,11-14,19,34H,1-3,8-10,15H2,(H2,26,29,30)/t19-/m1/s1. The molecule has 1 saturated carbocycles. The fourth-order valence-electron chi connectivity index (χ4n) is 5.07. The molecule has 0 radical (unpaired) electrons. The maximum atomic E-state index is 9.58. The molecular formula is C25H26N8O2. The van der Waals surface area contributed by atoms with E-state index in [1.807, 2.05) is 0 Å². The molecule has 0 bridgehead atoms. The van der Waals surface area contributed by atoms with Crippen molar-refractivity contribution in [1.29, 1.82) is 0 Å². The monoisotopic (exact) mass is 470 g/mol. The van der Waals surface area contributed by atoms with Crippen LogP contribution in [0.1, 0.15) is 43.5 Å². The van der Waals surface area contributed by atoms with E-state index in [1.54, 1.807) is 24.8 Å². The molecule has 1 aliphatic heterocycles. The van der Waals surface area contributed by atoms with Gasteiger partial charge in [0.25, 0.3) is 5.89 Å².